The molecule has 0 fully saturated rings. The van der Waals surface area contributed by atoms with Crippen LogP contribution in [0.3, 0.4) is 0 Å². The monoisotopic (exact) mass is 342 g/mol. The topological polar surface area (TPSA) is 106 Å². The van der Waals surface area contributed by atoms with Gasteiger partial charge in [-0.1, -0.05) is 6.07 Å². The number of carbonyl (C=O) groups excluding carboxylic acids is 1. The first-order chi connectivity index (χ1) is 12.1. The Kier molecular flexibility index (Phi) is 4.64. The number of hydrogen-bond donors (Lipinski definition) is 2. The second-order valence-electron chi connectivity index (χ2n) is 5.16. The molecule has 25 heavy (non-hydrogen) atoms. The van der Waals surface area contributed by atoms with Crippen molar-refractivity contribution in [2.45, 2.75) is 13.5 Å². The van der Waals surface area contributed by atoms with Crippen LogP contribution >= 0.6 is 0 Å². The van der Waals surface area contributed by atoms with Gasteiger partial charge in [0.05, 0.1) is 7.11 Å². The summed E-state index contributed by atoms with van der Waals surface area (Å²) in [6.45, 7) is 1.88. The normalized spacial score (nSPS) is 10.5. The predicted octanol–water partition coefficient (Wildman–Crippen LogP) is 1.65. The van der Waals surface area contributed by atoms with E-state index in [2.05, 4.69) is 30.5 Å². The Morgan fingerprint density at radius 1 is 1.32 bits per heavy atom. The van der Waals surface area contributed by atoms with E-state index in [1.165, 1.54) is 31.6 Å². The van der Waals surface area contributed by atoms with Gasteiger partial charge in [0.25, 0.3) is 5.91 Å². The summed E-state index contributed by atoms with van der Waals surface area (Å²) >= 11 is 0. The Bertz CT molecular complexity index is 898. The fourth-order valence-electron chi connectivity index (χ4n) is 2.22. The van der Waals surface area contributed by atoms with Crippen LogP contribution in [-0.4, -0.2) is 38.2 Å². The summed E-state index contributed by atoms with van der Waals surface area (Å²) in [5, 5.41) is 9.27. The van der Waals surface area contributed by atoms with Crippen LogP contribution in [0.5, 0.6) is 5.75 Å². The van der Waals surface area contributed by atoms with E-state index >= 15 is 0 Å². The maximum Gasteiger partial charge on any atom is 0.270 e. The van der Waals surface area contributed by atoms with Gasteiger partial charge in [0, 0.05) is 6.54 Å². The molecule has 0 radical (unpaired) electrons. The molecule has 0 unspecified atom stereocenters. The van der Waals surface area contributed by atoms with Crippen LogP contribution in [0.25, 0.3) is 11.5 Å². The lowest BCUT2D eigenvalue weighted by molar-refractivity contribution is 0.0945. The highest BCUT2D eigenvalue weighted by atomic mass is 19.1. The summed E-state index contributed by atoms with van der Waals surface area (Å²) in [5.41, 5.74) is 1.34. The molecule has 0 spiro atoms. The number of methoxy groups -OCH3 is 1. The fraction of sp³-hybridized carbons (Fsp3) is 0.188. The first kappa shape index (κ1) is 16.5. The van der Waals surface area contributed by atoms with Gasteiger partial charge in [-0.25, -0.2) is 19.3 Å². The van der Waals surface area contributed by atoms with Crippen LogP contribution in [0.1, 0.15) is 21.9 Å². The number of ether oxygens (including phenoxy) is 1. The van der Waals surface area contributed by atoms with Crippen molar-refractivity contribution in [1.82, 2.24) is 30.5 Å². The molecular weight excluding hydrogens is 327 g/mol. The van der Waals surface area contributed by atoms with Crippen molar-refractivity contribution in [1.29, 1.82) is 0 Å². The number of halogens is 1. The number of nitrogens with zero attached hydrogens (tertiary/aromatic N) is 4. The molecule has 2 N–H and O–H groups in total. The number of rotatable bonds is 5. The van der Waals surface area contributed by atoms with Crippen LogP contribution in [0, 0.1) is 12.7 Å². The van der Waals surface area contributed by atoms with Crippen molar-refractivity contribution in [2.75, 3.05) is 7.11 Å². The first-order valence-corrected chi connectivity index (χ1v) is 7.39. The van der Waals surface area contributed by atoms with Crippen LogP contribution in [0.2, 0.25) is 0 Å². The summed E-state index contributed by atoms with van der Waals surface area (Å²) in [5.74, 6) is 0.0842. The van der Waals surface area contributed by atoms with Gasteiger partial charge in [0.15, 0.2) is 17.4 Å². The zero-order chi connectivity index (χ0) is 17.8. The lowest BCUT2D eigenvalue weighted by Crippen LogP contribution is -2.24. The van der Waals surface area contributed by atoms with Gasteiger partial charge in [-0.3, -0.25) is 9.89 Å². The van der Waals surface area contributed by atoms with Crippen LogP contribution < -0.4 is 10.1 Å². The number of benzene rings is 1. The molecule has 0 aliphatic heterocycles. The lowest BCUT2D eigenvalue weighted by Gasteiger charge is -2.08. The number of hydrogen-bond acceptors (Lipinski definition) is 6. The Morgan fingerprint density at radius 3 is 2.88 bits per heavy atom. The van der Waals surface area contributed by atoms with Crippen molar-refractivity contribution in [3.8, 4) is 17.3 Å². The number of nitrogens with one attached hydrogen (secondary N) is 2. The van der Waals surface area contributed by atoms with E-state index in [9.17, 15) is 9.18 Å². The van der Waals surface area contributed by atoms with Gasteiger partial charge in [-0.2, -0.15) is 5.10 Å². The molecule has 3 aromatic rings. The standard InChI is InChI=1S/C16H15FN6O2/c1-9-21-12(15-19-8-20-23-15)6-13(22-9)16(24)18-7-10-3-4-11(17)14(5-10)25-2/h3-6,8H,7H2,1-2H3,(H,18,24)(H,19,20,23). The molecule has 2 aromatic heterocycles. The molecule has 1 amide bonds. The second-order valence-corrected chi connectivity index (χ2v) is 5.16. The SMILES string of the molecule is COc1cc(CNC(=O)c2cc(-c3nc[nH]n3)nc(C)n2)ccc1F. The lowest BCUT2D eigenvalue weighted by atomic mass is 10.2. The maximum atomic E-state index is 13.4. The Morgan fingerprint density at radius 2 is 2.16 bits per heavy atom. The van der Waals surface area contributed by atoms with Crippen molar-refractivity contribution in [3.05, 3.63) is 53.5 Å². The van der Waals surface area contributed by atoms with Gasteiger partial charge in [-0.15, -0.1) is 0 Å². The van der Waals surface area contributed by atoms with E-state index < -0.39 is 5.82 Å². The van der Waals surface area contributed by atoms with E-state index in [1.54, 1.807) is 13.0 Å². The number of aromatic nitrogens is 5. The highest BCUT2D eigenvalue weighted by molar-refractivity contribution is 5.93. The van der Waals surface area contributed by atoms with E-state index in [0.717, 1.165) is 0 Å². The number of amides is 1. The zero-order valence-electron chi connectivity index (χ0n) is 13.6. The molecule has 0 aliphatic carbocycles. The average molecular weight is 342 g/mol. The van der Waals surface area contributed by atoms with Crippen molar-refractivity contribution < 1.29 is 13.9 Å². The minimum Gasteiger partial charge on any atom is -0.494 e. The summed E-state index contributed by atoms with van der Waals surface area (Å²) in [7, 11) is 1.38. The number of carbonyl (C=O) groups is 1. The average Bonchev–Trinajstić information content (AvgIpc) is 3.15. The quantitative estimate of drug-likeness (QED) is 0.730. The first-order valence-electron chi connectivity index (χ1n) is 7.39. The smallest absolute Gasteiger partial charge is 0.270 e. The minimum absolute atomic E-state index is 0.122. The fourth-order valence-corrected chi connectivity index (χ4v) is 2.22. The maximum absolute atomic E-state index is 13.4. The van der Waals surface area contributed by atoms with E-state index in [-0.39, 0.29) is 23.9 Å². The van der Waals surface area contributed by atoms with E-state index in [1.807, 2.05) is 0 Å². The third-order valence-corrected chi connectivity index (χ3v) is 3.38. The molecule has 0 bridgehead atoms. The minimum atomic E-state index is -0.458. The summed E-state index contributed by atoms with van der Waals surface area (Å²) in [4.78, 5) is 24.7. The van der Waals surface area contributed by atoms with Gasteiger partial charge in [0.1, 0.15) is 23.5 Å². The third-order valence-electron chi connectivity index (χ3n) is 3.38. The highest BCUT2D eigenvalue weighted by Gasteiger charge is 2.13. The predicted molar refractivity (Wildman–Crippen MR) is 86.3 cm³/mol. The van der Waals surface area contributed by atoms with Gasteiger partial charge in [-0.05, 0) is 30.7 Å². The van der Waals surface area contributed by atoms with Gasteiger partial charge < -0.3 is 10.1 Å². The molecule has 9 heteroatoms. The number of H-pyrrole nitrogens is 1. The third kappa shape index (κ3) is 3.77. The zero-order valence-corrected chi connectivity index (χ0v) is 13.6. The largest absolute Gasteiger partial charge is 0.494 e. The summed E-state index contributed by atoms with van der Waals surface area (Å²) in [6, 6.07) is 5.90. The van der Waals surface area contributed by atoms with Crippen molar-refractivity contribution in [3.63, 3.8) is 0 Å². The Balaban J connectivity index is 1.75. The highest BCUT2D eigenvalue weighted by Crippen LogP contribution is 2.18. The Labute approximate surface area is 142 Å². The van der Waals surface area contributed by atoms with Crippen LogP contribution in [-0.2, 0) is 6.54 Å². The second kappa shape index (κ2) is 7.04. The number of aryl methyl sites for hydroxylation is 1. The summed E-state index contributed by atoms with van der Waals surface area (Å²) in [6.07, 6.45) is 1.43. The molecule has 0 atom stereocenters. The van der Waals surface area contributed by atoms with E-state index in [4.69, 9.17) is 4.74 Å². The number of aromatic amines is 1. The molecule has 0 saturated carbocycles. The molecule has 3 rings (SSSR count). The molecule has 8 nitrogen and oxygen atoms in total. The summed E-state index contributed by atoms with van der Waals surface area (Å²) < 4.78 is 18.3. The molecule has 128 valence electrons. The van der Waals surface area contributed by atoms with Crippen LogP contribution in [0.4, 0.5) is 4.39 Å². The van der Waals surface area contributed by atoms with E-state index in [0.29, 0.717) is 22.9 Å². The van der Waals surface area contributed by atoms with Gasteiger partial charge in [0.2, 0.25) is 0 Å². The molecule has 0 saturated heterocycles. The molecule has 1 aromatic carbocycles. The molecular formula is C16H15FN6O2. The van der Waals surface area contributed by atoms with Crippen molar-refractivity contribution in [2.24, 2.45) is 0 Å². The van der Waals surface area contributed by atoms with Crippen LogP contribution in [0.15, 0.2) is 30.6 Å². The van der Waals surface area contributed by atoms with Gasteiger partial charge >= 0.3 is 0 Å². The molecule has 0 aliphatic rings. The Hall–Kier alpha value is -3.36. The van der Waals surface area contributed by atoms with Crippen molar-refractivity contribution >= 4 is 5.91 Å². The molecule has 2 heterocycles.